The molecule has 98 valence electrons. The van der Waals surface area contributed by atoms with E-state index in [1.807, 2.05) is 6.08 Å². The summed E-state index contributed by atoms with van der Waals surface area (Å²) in [6.45, 7) is 2.19. The van der Waals surface area contributed by atoms with E-state index in [1.165, 1.54) is 6.08 Å². The Morgan fingerprint density at radius 2 is 1.76 bits per heavy atom. The number of rotatable bonds is 10. The largest absolute Gasteiger partial charge is 0.481 e. The SMILES string of the molecule is CCOC(=O)/C=C/CCCCCCCC(=O)O. The van der Waals surface area contributed by atoms with Crippen LogP contribution in [0.4, 0.5) is 0 Å². The fourth-order valence-corrected chi connectivity index (χ4v) is 1.44. The smallest absolute Gasteiger partial charge is 0.330 e. The summed E-state index contributed by atoms with van der Waals surface area (Å²) in [5, 5.41) is 8.43. The van der Waals surface area contributed by atoms with Gasteiger partial charge in [-0.1, -0.05) is 25.3 Å². The lowest BCUT2D eigenvalue weighted by atomic mass is 10.1. The Balaban J connectivity index is 3.23. The van der Waals surface area contributed by atoms with Gasteiger partial charge in [0, 0.05) is 12.5 Å². The maximum atomic E-state index is 10.9. The molecule has 0 saturated heterocycles. The van der Waals surface area contributed by atoms with E-state index < -0.39 is 5.97 Å². The molecule has 0 rings (SSSR count). The van der Waals surface area contributed by atoms with Crippen LogP contribution >= 0.6 is 0 Å². The maximum Gasteiger partial charge on any atom is 0.330 e. The molecule has 17 heavy (non-hydrogen) atoms. The number of carboxylic acids is 1. The molecule has 0 aromatic heterocycles. The number of esters is 1. The second kappa shape index (κ2) is 11.2. The minimum absolute atomic E-state index is 0.267. The van der Waals surface area contributed by atoms with E-state index in [2.05, 4.69) is 0 Å². The van der Waals surface area contributed by atoms with Crippen LogP contribution in [0.2, 0.25) is 0 Å². The van der Waals surface area contributed by atoms with Crippen molar-refractivity contribution >= 4 is 11.9 Å². The van der Waals surface area contributed by atoms with Crippen LogP contribution in [0, 0.1) is 0 Å². The van der Waals surface area contributed by atoms with Crippen molar-refractivity contribution in [2.75, 3.05) is 6.61 Å². The minimum Gasteiger partial charge on any atom is -0.481 e. The number of hydrogen-bond acceptors (Lipinski definition) is 3. The molecule has 0 fully saturated rings. The molecule has 0 bridgehead atoms. The number of carboxylic acid groups (broad SMARTS) is 1. The van der Waals surface area contributed by atoms with Crippen LogP contribution in [0.5, 0.6) is 0 Å². The van der Waals surface area contributed by atoms with E-state index in [1.54, 1.807) is 6.92 Å². The van der Waals surface area contributed by atoms with Crippen LogP contribution in [0.25, 0.3) is 0 Å². The molecule has 0 aliphatic heterocycles. The lowest BCUT2D eigenvalue weighted by Crippen LogP contribution is -1.98. The van der Waals surface area contributed by atoms with Crippen molar-refractivity contribution in [3.05, 3.63) is 12.2 Å². The second-order valence-corrected chi connectivity index (χ2v) is 3.85. The van der Waals surface area contributed by atoms with Crippen molar-refractivity contribution in [1.82, 2.24) is 0 Å². The van der Waals surface area contributed by atoms with Gasteiger partial charge in [-0.2, -0.15) is 0 Å². The third-order valence-electron chi connectivity index (χ3n) is 2.30. The predicted octanol–water partition coefficient (Wildman–Crippen LogP) is 2.92. The van der Waals surface area contributed by atoms with Gasteiger partial charge in [0.05, 0.1) is 6.61 Å². The van der Waals surface area contributed by atoms with Gasteiger partial charge in [-0.15, -0.1) is 0 Å². The Labute approximate surface area is 103 Å². The molecule has 0 amide bonds. The highest BCUT2D eigenvalue weighted by Gasteiger charge is 1.96. The Hall–Kier alpha value is -1.32. The van der Waals surface area contributed by atoms with Gasteiger partial charge in [0.2, 0.25) is 0 Å². The molecule has 0 aromatic rings. The highest BCUT2D eigenvalue weighted by atomic mass is 16.5. The van der Waals surface area contributed by atoms with Crippen molar-refractivity contribution in [1.29, 1.82) is 0 Å². The summed E-state index contributed by atoms with van der Waals surface area (Å²) in [6, 6.07) is 0. The molecule has 0 heterocycles. The van der Waals surface area contributed by atoms with Crippen LogP contribution in [-0.4, -0.2) is 23.7 Å². The van der Waals surface area contributed by atoms with E-state index in [4.69, 9.17) is 9.84 Å². The topological polar surface area (TPSA) is 63.6 Å². The van der Waals surface area contributed by atoms with Gasteiger partial charge in [-0.3, -0.25) is 4.79 Å². The summed E-state index contributed by atoms with van der Waals surface area (Å²) in [5.74, 6) is -1.00. The summed E-state index contributed by atoms with van der Waals surface area (Å²) in [5.41, 5.74) is 0. The quantitative estimate of drug-likeness (QED) is 0.363. The van der Waals surface area contributed by atoms with Gasteiger partial charge in [0.1, 0.15) is 0 Å². The van der Waals surface area contributed by atoms with Gasteiger partial charge >= 0.3 is 11.9 Å². The Morgan fingerprint density at radius 1 is 1.12 bits per heavy atom. The van der Waals surface area contributed by atoms with E-state index >= 15 is 0 Å². The molecule has 0 unspecified atom stereocenters. The lowest BCUT2D eigenvalue weighted by Gasteiger charge is -1.98. The first-order valence-corrected chi connectivity index (χ1v) is 6.22. The summed E-state index contributed by atoms with van der Waals surface area (Å²) in [6.07, 6.45) is 9.32. The van der Waals surface area contributed by atoms with Crippen molar-refractivity contribution in [3.8, 4) is 0 Å². The fraction of sp³-hybridized carbons (Fsp3) is 0.692. The van der Waals surface area contributed by atoms with Crippen molar-refractivity contribution in [2.24, 2.45) is 0 Å². The Morgan fingerprint density at radius 3 is 2.41 bits per heavy atom. The number of carbonyl (C=O) groups excluding carboxylic acids is 1. The molecule has 1 N–H and O–H groups in total. The molecule has 0 spiro atoms. The Bertz CT molecular complexity index is 246. The Kier molecular flexibility index (Phi) is 10.3. The number of unbranched alkanes of at least 4 members (excludes halogenated alkanes) is 5. The van der Waals surface area contributed by atoms with Gasteiger partial charge < -0.3 is 9.84 Å². The van der Waals surface area contributed by atoms with Crippen LogP contribution < -0.4 is 0 Å². The molecule has 0 aliphatic rings. The average Bonchev–Trinajstić information content (AvgIpc) is 2.27. The molecule has 0 saturated carbocycles. The van der Waals surface area contributed by atoms with Crippen LogP contribution in [0.1, 0.15) is 51.9 Å². The average molecular weight is 242 g/mol. The zero-order valence-corrected chi connectivity index (χ0v) is 10.5. The number of allylic oxidation sites excluding steroid dienone is 1. The first kappa shape index (κ1) is 15.7. The molecule has 0 aromatic carbocycles. The summed E-state index contributed by atoms with van der Waals surface area (Å²) in [7, 11) is 0. The first-order valence-electron chi connectivity index (χ1n) is 6.22. The first-order chi connectivity index (χ1) is 8.16. The maximum absolute atomic E-state index is 10.9. The van der Waals surface area contributed by atoms with Crippen LogP contribution in [0.3, 0.4) is 0 Å². The molecular weight excluding hydrogens is 220 g/mol. The fourth-order valence-electron chi connectivity index (χ4n) is 1.44. The van der Waals surface area contributed by atoms with Gasteiger partial charge in [-0.05, 0) is 26.2 Å². The molecule has 0 radical (unpaired) electrons. The lowest BCUT2D eigenvalue weighted by molar-refractivity contribution is -0.138. The predicted molar refractivity (Wildman–Crippen MR) is 65.7 cm³/mol. The number of ether oxygens (including phenoxy) is 1. The summed E-state index contributed by atoms with van der Waals surface area (Å²) >= 11 is 0. The zero-order valence-electron chi connectivity index (χ0n) is 10.5. The third kappa shape index (κ3) is 12.6. The monoisotopic (exact) mass is 242 g/mol. The molecule has 0 aliphatic carbocycles. The molecular formula is C13H22O4. The van der Waals surface area contributed by atoms with Crippen molar-refractivity contribution < 1.29 is 19.4 Å². The van der Waals surface area contributed by atoms with Gasteiger partial charge in [0.25, 0.3) is 0 Å². The summed E-state index contributed by atoms with van der Waals surface area (Å²) in [4.78, 5) is 21.2. The van der Waals surface area contributed by atoms with E-state index in [0.29, 0.717) is 6.61 Å². The zero-order chi connectivity index (χ0) is 12.9. The standard InChI is InChI=1S/C13H22O4/c1-2-17-13(16)11-9-7-5-3-4-6-8-10-12(14)15/h9,11H,2-8,10H2,1H3,(H,14,15)/b11-9+. The van der Waals surface area contributed by atoms with Crippen molar-refractivity contribution in [3.63, 3.8) is 0 Å². The van der Waals surface area contributed by atoms with E-state index in [0.717, 1.165) is 38.5 Å². The van der Waals surface area contributed by atoms with Crippen LogP contribution in [0.15, 0.2) is 12.2 Å². The third-order valence-corrected chi connectivity index (χ3v) is 2.30. The number of hydrogen-bond donors (Lipinski definition) is 1. The second-order valence-electron chi connectivity index (χ2n) is 3.85. The van der Waals surface area contributed by atoms with Crippen LogP contribution in [-0.2, 0) is 14.3 Å². The number of aliphatic carboxylic acids is 1. The van der Waals surface area contributed by atoms with Gasteiger partial charge in [0.15, 0.2) is 0 Å². The van der Waals surface area contributed by atoms with Gasteiger partial charge in [-0.25, -0.2) is 4.79 Å². The molecule has 0 atom stereocenters. The summed E-state index contributed by atoms with van der Waals surface area (Å²) < 4.78 is 4.74. The number of carbonyl (C=O) groups is 2. The molecule has 4 heteroatoms. The van der Waals surface area contributed by atoms with E-state index in [9.17, 15) is 9.59 Å². The van der Waals surface area contributed by atoms with Crippen molar-refractivity contribution in [2.45, 2.75) is 51.9 Å². The molecule has 4 nitrogen and oxygen atoms in total. The highest BCUT2D eigenvalue weighted by Crippen LogP contribution is 2.07. The normalized spacial score (nSPS) is 10.6. The van der Waals surface area contributed by atoms with E-state index in [-0.39, 0.29) is 12.4 Å². The minimum atomic E-state index is -0.720. The highest BCUT2D eigenvalue weighted by molar-refractivity contribution is 5.81.